The lowest BCUT2D eigenvalue weighted by atomic mass is 10.0. The van der Waals surface area contributed by atoms with Crippen LogP contribution in [-0.4, -0.2) is 30.9 Å². The second kappa shape index (κ2) is 9.80. The fourth-order valence-corrected chi connectivity index (χ4v) is 3.80. The third-order valence-corrected chi connectivity index (χ3v) is 5.63. The monoisotopic (exact) mass is 424 g/mol. The molecule has 160 valence electrons. The van der Waals surface area contributed by atoms with E-state index in [2.05, 4.69) is 21.6 Å². The van der Waals surface area contributed by atoms with E-state index in [-0.39, 0.29) is 17.9 Å². The van der Waals surface area contributed by atoms with Crippen LogP contribution in [0.4, 0.5) is 11.4 Å². The molecular formula is C26H24N4O2. The maximum absolute atomic E-state index is 12.6. The lowest BCUT2D eigenvalue weighted by Gasteiger charge is -2.34. The molecule has 1 aliphatic heterocycles. The van der Waals surface area contributed by atoms with Crippen molar-refractivity contribution in [3.63, 3.8) is 0 Å². The summed E-state index contributed by atoms with van der Waals surface area (Å²) in [6.07, 6.45) is 1.72. The number of hydrogen-bond acceptors (Lipinski definition) is 4. The maximum Gasteiger partial charge on any atom is 0.255 e. The van der Waals surface area contributed by atoms with Crippen LogP contribution in [0.25, 0.3) is 0 Å². The van der Waals surface area contributed by atoms with Crippen LogP contribution in [0, 0.1) is 11.3 Å². The average molecular weight is 425 g/mol. The summed E-state index contributed by atoms with van der Waals surface area (Å²) in [4.78, 5) is 27.2. The molecule has 0 atom stereocenters. The highest BCUT2D eigenvalue weighted by Crippen LogP contribution is 2.21. The Kier molecular flexibility index (Phi) is 6.47. The van der Waals surface area contributed by atoms with Crippen molar-refractivity contribution >= 4 is 23.2 Å². The van der Waals surface area contributed by atoms with Gasteiger partial charge in [0.05, 0.1) is 11.6 Å². The summed E-state index contributed by atoms with van der Waals surface area (Å²) in [6.45, 7) is 1.70. The summed E-state index contributed by atoms with van der Waals surface area (Å²) >= 11 is 0. The van der Waals surface area contributed by atoms with Gasteiger partial charge in [-0.3, -0.25) is 9.59 Å². The fourth-order valence-electron chi connectivity index (χ4n) is 3.80. The zero-order chi connectivity index (χ0) is 22.3. The van der Waals surface area contributed by atoms with Crippen molar-refractivity contribution in [2.24, 2.45) is 0 Å². The number of carbonyl (C=O) groups is 2. The Labute approximate surface area is 187 Å². The number of nitriles is 1. The zero-order valence-corrected chi connectivity index (χ0v) is 17.6. The Morgan fingerprint density at radius 2 is 1.44 bits per heavy atom. The largest absolute Gasteiger partial charge is 0.371 e. The van der Waals surface area contributed by atoms with E-state index in [1.165, 1.54) is 0 Å². The van der Waals surface area contributed by atoms with Gasteiger partial charge in [-0.1, -0.05) is 18.2 Å². The first-order valence-corrected chi connectivity index (χ1v) is 10.6. The third kappa shape index (κ3) is 5.13. The Hall–Kier alpha value is -4.11. The second-order valence-corrected chi connectivity index (χ2v) is 7.79. The van der Waals surface area contributed by atoms with E-state index in [9.17, 15) is 9.59 Å². The molecular weight excluding hydrogens is 400 g/mol. The number of piperidine rings is 1. The number of nitrogens with zero attached hydrogens (tertiary/aromatic N) is 2. The molecule has 2 amide bonds. The van der Waals surface area contributed by atoms with Gasteiger partial charge < -0.3 is 15.5 Å². The summed E-state index contributed by atoms with van der Waals surface area (Å²) in [5.41, 5.74) is 3.55. The highest BCUT2D eigenvalue weighted by molar-refractivity contribution is 6.04. The molecule has 32 heavy (non-hydrogen) atoms. The predicted molar refractivity (Wildman–Crippen MR) is 125 cm³/mol. The summed E-state index contributed by atoms with van der Waals surface area (Å²) in [5.74, 6) is -0.292. The SMILES string of the molecule is N#Cc1ccc(N2CCC(NC(=O)c3ccc(NC(=O)c4ccccc4)cc3)CC2)cc1. The molecule has 1 saturated heterocycles. The van der Waals surface area contributed by atoms with Crippen molar-refractivity contribution in [2.45, 2.75) is 18.9 Å². The van der Waals surface area contributed by atoms with Gasteiger partial charge in [0.1, 0.15) is 0 Å². The van der Waals surface area contributed by atoms with E-state index < -0.39 is 0 Å². The summed E-state index contributed by atoms with van der Waals surface area (Å²) in [5, 5.41) is 14.9. The van der Waals surface area contributed by atoms with Crippen molar-refractivity contribution in [3.05, 3.63) is 95.6 Å². The first kappa shape index (κ1) is 21.1. The molecule has 0 spiro atoms. The van der Waals surface area contributed by atoms with Crippen LogP contribution in [-0.2, 0) is 0 Å². The van der Waals surface area contributed by atoms with Gasteiger partial charge in [-0.2, -0.15) is 5.26 Å². The molecule has 0 saturated carbocycles. The second-order valence-electron chi connectivity index (χ2n) is 7.79. The van der Waals surface area contributed by atoms with Crippen molar-refractivity contribution in [1.82, 2.24) is 5.32 Å². The molecule has 0 unspecified atom stereocenters. The molecule has 4 rings (SSSR count). The number of amides is 2. The first-order chi connectivity index (χ1) is 15.6. The van der Waals surface area contributed by atoms with Crippen LogP contribution in [0.2, 0.25) is 0 Å². The molecule has 6 nitrogen and oxygen atoms in total. The van der Waals surface area contributed by atoms with Gasteiger partial charge in [-0.05, 0) is 73.5 Å². The van der Waals surface area contributed by atoms with Gasteiger partial charge in [-0.25, -0.2) is 0 Å². The number of rotatable bonds is 5. The molecule has 0 radical (unpaired) electrons. The Bertz CT molecular complexity index is 1110. The van der Waals surface area contributed by atoms with Gasteiger partial charge in [0.15, 0.2) is 0 Å². The molecule has 6 heteroatoms. The minimum atomic E-state index is -0.183. The van der Waals surface area contributed by atoms with Crippen molar-refractivity contribution in [2.75, 3.05) is 23.3 Å². The van der Waals surface area contributed by atoms with Crippen LogP contribution >= 0.6 is 0 Å². The standard InChI is InChI=1S/C26H24N4O2/c27-18-19-6-12-24(13-7-19)30-16-14-23(15-17-30)29-26(32)21-8-10-22(11-9-21)28-25(31)20-4-2-1-3-5-20/h1-13,23H,14-17H2,(H,28,31)(H,29,32). The van der Waals surface area contributed by atoms with E-state index in [1.54, 1.807) is 36.4 Å². The van der Waals surface area contributed by atoms with Crippen molar-refractivity contribution in [1.29, 1.82) is 5.26 Å². The van der Waals surface area contributed by atoms with Gasteiger partial charge >= 0.3 is 0 Å². The average Bonchev–Trinajstić information content (AvgIpc) is 2.85. The number of carbonyl (C=O) groups excluding carboxylic acids is 2. The number of hydrogen-bond donors (Lipinski definition) is 2. The molecule has 3 aromatic rings. The summed E-state index contributed by atoms with van der Waals surface area (Å²) in [6, 6.07) is 25.8. The van der Waals surface area contributed by atoms with Crippen LogP contribution in [0.15, 0.2) is 78.9 Å². The van der Waals surface area contributed by atoms with Crippen LogP contribution < -0.4 is 15.5 Å². The van der Waals surface area contributed by atoms with Crippen molar-refractivity contribution in [3.8, 4) is 6.07 Å². The summed E-state index contributed by atoms with van der Waals surface area (Å²) < 4.78 is 0. The van der Waals surface area contributed by atoms with E-state index in [4.69, 9.17) is 5.26 Å². The smallest absolute Gasteiger partial charge is 0.255 e. The minimum absolute atomic E-state index is 0.109. The van der Waals surface area contributed by atoms with Crippen LogP contribution in [0.1, 0.15) is 39.1 Å². The fraction of sp³-hybridized carbons (Fsp3) is 0.192. The quantitative estimate of drug-likeness (QED) is 0.643. The van der Waals surface area contributed by atoms with Crippen molar-refractivity contribution < 1.29 is 9.59 Å². The Morgan fingerprint density at radius 1 is 0.812 bits per heavy atom. The lowest BCUT2D eigenvalue weighted by Crippen LogP contribution is -2.44. The zero-order valence-electron chi connectivity index (χ0n) is 17.6. The molecule has 1 heterocycles. The van der Waals surface area contributed by atoms with Crippen LogP contribution in [0.3, 0.4) is 0 Å². The first-order valence-electron chi connectivity index (χ1n) is 10.6. The molecule has 0 bridgehead atoms. The molecule has 0 aromatic heterocycles. The number of anilines is 2. The minimum Gasteiger partial charge on any atom is -0.371 e. The van der Waals surface area contributed by atoms with Crippen LogP contribution in [0.5, 0.6) is 0 Å². The highest BCUT2D eigenvalue weighted by Gasteiger charge is 2.21. The summed E-state index contributed by atoms with van der Waals surface area (Å²) in [7, 11) is 0. The van der Waals surface area contributed by atoms with E-state index in [0.29, 0.717) is 22.4 Å². The molecule has 0 aliphatic carbocycles. The predicted octanol–water partition coefficient (Wildman–Crippen LogP) is 4.21. The van der Waals surface area contributed by atoms with Gasteiger partial charge in [-0.15, -0.1) is 0 Å². The maximum atomic E-state index is 12.6. The normalized spacial score (nSPS) is 13.8. The lowest BCUT2D eigenvalue weighted by molar-refractivity contribution is 0.0930. The van der Waals surface area contributed by atoms with E-state index in [1.807, 2.05) is 42.5 Å². The molecule has 1 aliphatic rings. The third-order valence-electron chi connectivity index (χ3n) is 5.63. The number of nitrogens with one attached hydrogen (secondary N) is 2. The van der Waals surface area contributed by atoms with Gasteiger partial charge in [0.25, 0.3) is 11.8 Å². The highest BCUT2D eigenvalue weighted by atomic mass is 16.2. The molecule has 3 aromatic carbocycles. The Morgan fingerprint density at radius 3 is 2.06 bits per heavy atom. The molecule has 2 N–H and O–H groups in total. The molecule has 1 fully saturated rings. The Balaban J connectivity index is 1.28. The van der Waals surface area contributed by atoms with Gasteiger partial charge in [0, 0.05) is 41.6 Å². The van der Waals surface area contributed by atoms with E-state index >= 15 is 0 Å². The van der Waals surface area contributed by atoms with Gasteiger partial charge in [0.2, 0.25) is 0 Å². The van der Waals surface area contributed by atoms with E-state index in [0.717, 1.165) is 31.6 Å². The topological polar surface area (TPSA) is 85.2 Å². The number of benzene rings is 3.